The van der Waals surface area contributed by atoms with Gasteiger partial charge in [-0.1, -0.05) is 18.4 Å². The van der Waals surface area contributed by atoms with E-state index in [0.29, 0.717) is 23.8 Å². The zero-order valence-electron chi connectivity index (χ0n) is 13.1. The lowest BCUT2D eigenvalue weighted by Gasteiger charge is -2.27. The quantitative estimate of drug-likeness (QED) is 0.663. The highest BCUT2D eigenvalue weighted by atomic mass is 16.5. The SMILES string of the molecule is CCCCOC(=O)C1=C(C)Nc2nnnn2[C@H]1c1ccncc1. The van der Waals surface area contributed by atoms with Gasteiger partial charge >= 0.3 is 5.97 Å². The Morgan fingerprint density at radius 2 is 2.17 bits per heavy atom. The van der Waals surface area contributed by atoms with E-state index in [9.17, 15) is 4.79 Å². The zero-order valence-corrected chi connectivity index (χ0v) is 13.1. The largest absolute Gasteiger partial charge is 0.462 e. The number of ether oxygens (including phenoxy) is 1. The third kappa shape index (κ3) is 2.92. The van der Waals surface area contributed by atoms with E-state index in [4.69, 9.17) is 4.74 Å². The van der Waals surface area contributed by atoms with Crippen molar-refractivity contribution in [1.82, 2.24) is 25.2 Å². The van der Waals surface area contributed by atoms with Gasteiger partial charge in [-0.25, -0.2) is 4.79 Å². The maximum Gasteiger partial charge on any atom is 0.338 e. The molecule has 0 aliphatic carbocycles. The molecule has 0 fully saturated rings. The molecule has 0 radical (unpaired) electrons. The van der Waals surface area contributed by atoms with Crippen LogP contribution in [0.25, 0.3) is 0 Å². The summed E-state index contributed by atoms with van der Waals surface area (Å²) in [6.45, 7) is 4.27. The normalized spacial score (nSPS) is 16.7. The Morgan fingerprint density at radius 1 is 1.39 bits per heavy atom. The van der Waals surface area contributed by atoms with Crippen molar-refractivity contribution in [2.45, 2.75) is 32.7 Å². The fourth-order valence-electron chi connectivity index (χ4n) is 2.52. The predicted molar refractivity (Wildman–Crippen MR) is 82.4 cm³/mol. The first kappa shape index (κ1) is 15.1. The van der Waals surface area contributed by atoms with Crippen molar-refractivity contribution < 1.29 is 9.53 Å². The van der Waals surface area contributed by atoms with E-state index in [2.05, 4.69) is 25.8 Å². The average molecular weight is 314 g/mol. The standard InChI is InChI=1S/C15H18N6O2/c1-3-4-9-23-14(22)12-10(2)17-15-18-19-20-21(15)13(12)11-5-7-16-8-6-11/h5-8,13H,3-4,9H2,1-2H3,(H,17,18,20)/t13-/m0/s1. The molecule has 3 rings (SSSR count). The number of nitrogens with zero attached hydrogens (tertiary/aromatic N) is 5. The van der Waals surface area contributed by atoms with E-state index in [1.807, 2.05) is 26.0 Å². The maximum atomic E-state index is 12.6. The van der Waals surface area contributed by atoms with Crippen LogP contribution in [0.2, 0.25) is 0 Å². The summed E-state index contributed by atoms with van der Waals surface area (Å²) < 4.78 is 6.98. The van der Waals surface area contributed by atoms with Crippen molar-refractivity contribution in [3.05, 3.63) is 41.4 Å². The molecular formula is C15H18N6O2. The number of allylic oxidation sites excluding steroid dienone is 1. The minimum Gasteiger partial charge on any atom is -0.462 e. The Hall–Kier alpha value is -2.77. The third-order valence-electron chi connectivity index (χ3n) is 3.69. The molecule has 2 aromatic rings. The molecule has 1 aliphatic rings. The number of unbranched alkanes of at least 4 members (excludes halogenated alkanes) is 1. The van der Waals surface area contributed by atoms with Crippen LogP contribution < -0.4 is 5.32 Å². The van der Waals surface area contributed by atoms with E-state index < -0.39 is 6.04 Å². The Morgan fingerprint density at radius 3 is 2.91 bits per heavy atom. The lowest BCUT2D eigenvalue weighted by atomic mass is 9.97. The van der Waals surface area contributed by atoms with Gasteiger partial charge in [0, 0.05) is 18.1 Å². The summed E-state index contributed by atoms with van der Waals surface area (Å²) in [6.07, 6.45) is 5.16. The van der Waals surface area contributed by atoms with Gasteiger partial charge < -0.3 is 10.1 Å². The second-order valence-corrected chi connectivity index (χ2v) is 5.28. The van der Waals surface area contributed by atoms with Crippen molar-refractivity contribution in [2.75, 3.05) is 11.9 Å². The number of carbonyl (C=O) groups excluding carboxylic acids is 1. The molecule has 8 nitrogen and oxygen atoms in total. The summed E-state index contributed by atoms with van der Waals surface area (Å²) in [4.78, 5) is 16.6. The number of esters is 1. The summed E-state index contributed by atoms with van der Waals surface area (Å²) in [6, 6.07) is 3.25. The van der Waals surface area contributed by atoms with Crippen LogP contribution in [0.3, 0.4) is 0 Å². The summed E-state index contributed by atoms with van der Waals surface area (Å²) in [5.41, 5.74) is 2.07. The van der Waals surface area contributed by atoms with Crippen molar-refractivity contribution in [3.8, 4) is 0 Å². The van der Waals surface area contributed by atoms with E-state index in [1.165, 1.54) is 0 Å². The first-order valence-corrected chi connectivity index (χ1v) is 7.55. The number of tetrazole rings is 1. The van der Waals surface area contributed by atoms with Gasteiger partial charge in [-0.15, -0.1) is 0 Å². The molecule has 0 saturated carbocycles. The van der Waals surface area contributed by atoms with Gasteiger partial charge in [0.15, 0.2) is 0 Å². The minimum atomic E-state index is -0.432. The molecule has 1 aliphatic heterocycles. The van der Waals surface area contributed by atoms with Gasteiger partial charge in [0.25, 0.3) is 0 Å². The number of fused-ring (bicyclic) bond motifs is 1. The van der Waals surface area contributed by atoms with Crippen LogP contribution in [0, 0.1) is 0 Å². The van der Waals surface area contributed by atoms with E-state index in [-0.39, 0.29) is 5.97 Å². The fourth-order valence-corrected chi connectivity index (χ4v) is 2.52. The third-order valence-corrected chi connectivity index (χ3v) is 3.69. The molecule has 0 spiro atoms. The Kier molecular flexibility index (Phi) is 4.31. The smallest absolute Gasteiger partial charge is 0.338 e. The zero-order chi connectivity index (χ0) is 16.2. The first-order valence-electron chi connectivity index (χ1n) is 7.55. The van der Waals surface area contributed by atoms with Gasteiger partial charge in [0.2, 0.25) is 5.95 Å². The first-order chi connectivity index (χ1) is 11.2. The number of anilines is 1. The van der Waals surface area contributed by atoms with Crippen molar-refractivity contribution in [1.29, 1.82) is 0 Å². The number of hydrogen-bond acceptors (Lipinski definition) is 7. The topological polar surface area (TPSA) is 94.8 Å². The number of hydrogen-bond donors (Lipinski definition) is 1. The van der Waals surface area contributed by atoms with Crippen molar-refractivity contribution >= 4 is 11.9 Å². The average Bonchev–Trinajstić information content (AvgIpc) is 3.02. The Labute approximate surface area is 133 Å². The summed E-state index contributed by atoms with van der Waals surface area (Å²) in [5.74, 6) is 0.140. The molecule has 0 aromatic carbocycles. The second kappa shape index (κ2) is 6.55. The highest BCUT2D eigenvalue weighted by Gasteiger charge is 2.34. The number of aromatic nitrogens is 5. The van der Waals surface area contributed by atoms with E-state index >= 15 is 0 Å². The van der Waals surface area contributed by atoms with Crippen LogP contribution in [0.15, 0.2) is 35.8 Å². The van der Waals surface area contributed by atoms with E-state index in [1.54, 1.807) is 17.1 Å². The maximum absolute atomic E-state index is 12.6. The summed E-state index contributed by atoms with van der Waals surface area (Å²) in [5, 5.41) is 14.7. The molecule has 1 N–H and O–H groups in total. The molecule has 120 valence electrons. The number of nitrogens with one attached hydrogen (secondary N) is 1. The Balaban J connectivity index is 1.99. The fraction of sp³-hybridized carbons (Fsp3) is 0.400. The van der Waals surface area contributed by atoms with Crippen LogP contribution >= 0.6 is 0 Å². The summed E-state index contributed by atoms with van der Waals surface area (Å²) >= 11 is 0. The molecule has 0 saturated heterocycles. The molecule has 0 unspecified atom stereocenters. The van der Waals surface area contributed by atoms with Gasteiger partial charge in [0.1, 0.15) is 6.04 Å². The van der Waals surface area contributed by atoms with Gasteiger partial charge in [-0.3, -0.25) is 4.98 Å². The molecule has 2 aromatic heterocycles. The van der Waals surface area contributed by atoms with Crippen LogP contribution in [0.1, 0.15) is 38.3 Å². The molecule has 0 bridgehead atoms. The number of rotatable bonds is 5. The van der Waals surface area contributed by atoms with Gasteiger partial charge in [-0.2, -0.15) is 4.68 Å². The van der Waals surface area contributed by atoms with Crippen molar-refractivity contribution in [2.24, 2.45) is 0 Å². The molecule has 3 heterocycles. The number of carbonyl (C=O) groups is 1. The van der Waals surface area contributed by atoms with Crippen LogP contribution in [-0.4, -0.2) is 37.8 Å². The molecule has 8 heteroatoms. The van der Waals surface area contributed by atoms with Crippen LogP contribution in [-0.2, 0) is 9.53 Å². The molecule has 23 heavy (non-hydrogen) atoms. The second-order valence-electron chi connectivity index (χ2n) is 5.28. The van der Waals surface area contributed by atoms with Gasteiger partial charge in [0.05, 0.1) is 12.2 Å². The highest BCUT2D eigenvalue weighted by Crippen LogP contribution is 2.34. The molecular weight excluding hydrogens is 296 g/mol. The summed E-state index contributed by atoms with van der Waals surface area (Å²) in [7, 11) is 0. The van der Waals surface area contributed by atoms with E-state index in [0.717, 1.165) is 18.4 Å². The minimum absolute atomic E-state index is 0.355. The lowest BCUT2D eigenvalue weighted by Crippen LogP contribution is -2.29. The van der Waals surface area contributed by atoms with Crippen molar-refractivity contribution in [3.63, 3.8) is 0 Å². The number of pyridine rings is 1. The Bertz CT molecular complexity index is 725. The van der Waals surface area contributed by atoms with Crippen LogP contribution in [0.4, 0.5) is 5.95 Å². The predicted octanol–water partition coefficient (Wildman–Crippen LogP) is 1.70. The van der Waals surface area contributed by atoms with Gasteiger partial charge in [-0.05, 0) is 41.5 Å². The molecule has 0 amide bonds. The highest BCUT2D eigenvalue weighted by molar-refractivity contribution is 5.92. The monoisotopic (exact) mass is 314 g/mol. The lowest BCUT2D eigenvalue weighted by molar-refractivity contribution is -0.139. The molecule has 1 atom stereocenters. The van der Waals surface area contributed by atoms with Crippen LogP contribution in [0.5, 0.6) is 0 Å².